The lowest BCUT2D eigenvalue weighted by atomic mass is 10.5. The predicted octanol–water partition coefficient (Wildman–Crippen LogP) is 2.17. The van der Waals surface area contributed by atoms with E-state index in [0.717, 1.165) is 3.57 Å². The van der Waals surface area contributed by atoms with Crippen LogP contribution in [0.25, 0.3) is 0 Å². The van der Waals surface area contributed by atoms with Gasteiger partial charge in [0.05, 0.1) is 8.04 Å². The minimum Gasteiger partial charge on any atom is -0.383 e. The van der Waals surface area contributed by atoms with Gasteiger partial charge in [0, 0.05) is 0 Å². The molecule has 0 atom stereocenters. The van der Waals surface area contributed by atoms with Crippen LogP contribution in [0.4, 0.5) is 10.2 Å². The van der Waals surface area contributed by atoms with Crippen molar-refractivity contribution < 1.29 is 4.39 Å². The van der Waals surface area contributed by atoms with E-state index in [1.54, 1.807) is 6.07 Å². The van der Waals surface area contributed by atoms with E-state index in [-0.39, 0.29) is 5.82 Å². The van der Waals surface area contributed by atoms with E-state index in [9.17, 15) is 4.39 Å². The molecule has 0 fully saturated rings. The number of anilines is 1. The van der Waals surface area contributed by atoms with Gasteiger partial charge in [0.15, 0.2) is 0 Å². The number of hydrogen-bond acceptors (Lipinski definition) is 2. The molecule has 0 spiro atoms. The highest BCUT2D eigenvalue weighted by atomic mass is 127. The molecule has 0 amide bonds. The standard InChI is InChI=1S/C5H3BrFIN2/c6-2-1-3(8)5(9)10-4(2)7/h1H,(H2,9,10). The Kier molecular flexibility index (Phi) is 2.45. The molecule has 0 unspecified atom stereocenters. The van der Waals surface area contributed by atoms with Crippen LogP contribution in [0, 0.1) is 9.52 Å². The molecule has 0 saturated carbocycles. The van der Waals surface area contributed by atoms with Gasteiger partial charge in [-0.1, -0.05) is 0 Å². The van der Waals surface area contributed by atoms with Crippen LogP contribution < -0.4 is 5.73 Å². The van der Waals surface area contributed by atoms with Crippen LogP contribution in [0.1, 0.15) is 0 Å². The van der Waals surface area contributed by atoms with Gasteiger partial charge in [-0.2, -0.15) is 4.39 Å². The molecule has 10 heavy (non-hydrogen) atoms. The zero-order valence-corrected chi connectivity index (χ0v) is 8.48. The number of halogens is 3. The lowest BCUT2D eigenvalue weighted by Crippen LogP contribution is -1.96. The SMILES string of the molecule is Nc1nc(F)c(Br)cc1I. The third-order valence-electron chi connectivity index (χ3n) is 0.914. The molecule has 0 aliphatic carbocycles. The minimum absolute atomic E-state index is 0.223. The zero-order valence-electron chi connectivity index (χ0n) is 4.74. The molecule has 0 aromatic carbocycles. The molecule has 0 saturated heterocycles. The Morgan fingerprint density at radius 2 is 2.30 bits per heavy atom. The molecule has 0 radical (unpaired) electrons. The molecule has 54 valence electrons. The second-order valence-electron chi connectivity index (χ2n) is 1.63. The van der Waals surface area contributed by atoms with Crippen LogP contribution in [-0.2, 0) is 0 Å². The topological polar surface area (TPSA) is 38.9 Å². The summed E-state index contributed by atoms with van der Waals surface area (Å²) in [6, 6.07) is 1.58. The van der Waals surface area contributed by atoms with Gasteiger partial charge in [-0.05, 0) is 44.6 Å². The van der Waals surface area contributed by atoms with Gasteiger partial charge in [0.2, 0.25) is 5.95 Å². The second kappa shape index (κ2) is 3.00. The number of pyridine rings is 1. The molecule has 1 heterocycles. The van der Waals surface area contributed by atoms with Crippen LogP contribution in [-0.4, -0.2) is 4.98 Å². The van der Waals surface area contributed by atoms with Crippen LogP contribution in [0.2, 0.25) is 0 Å². The Labute approximate surface area is 79.3 Å². The summed E-state index contributed by atoms with van der Waals surface area (Å²) in [4.78, 5) is 3.43. The van der Waals surface area contributed by atoms with Crippen molar-refractivity contribution in [2.75, 3.05) is 5.73 Å². The quantitative estimate of drug-likeness (QED) is 0.588. The molecular weight excluding hydrogens is 314 g/mol. The van der Waals surface area contributed by atoms with Gasteiger partial charge in [0.25, 0.3) is 0 Å². The lowest BCUT2D eigenvalue weighted by molar-refractivity contribution is 0.578. The molecule has 0 aliphatic rings. The summed E-state index contributed by atoms with van der Waals surface area (Å²) in [7, 11) is 0. The normalized spacial score (nSPS) is 9.90. The Hall–Kier alpha value is 0.0900. The van der Waals surface area contributed by atoms with Gasteiger partial charge in [-0.3, -0.25) is 0 Å². The minimum atomic E-state index is -0.571. The summed E-state index contributed by atoms with van der Waals surface area (Å²) in [5.41, 5.74) is 5.31. The van der Waals surface area contributed by atoms with Crippen molar-refractivity contribution in [3.8, 4) is 0 Å². The third-order valence-corrected chi connectivity index (χ3v) is 2.33. The number of hydrogen-bond donors (Lipinski definition) is 1. The third kappa shape index (κ3) is 1.57. The second-order valence-corrected chi connectivity index (χ2v) is 3.64. The molecule has 0 aliphatic heterocycles. The highest BCUT2D eigenvalue weighted by Gasteiger charge is 2.03. The smallest absolute Gasteiger partial charge is 0.229 e. The van der Waals surface area contributed by atoms with Crippen molar-refractivity contribution in [3.63, 3.8) is 0 Å². The van der Waals surface area contributed by atoms with E-state index < -0.39 is 5.95 Å². The summed E-state index contributed by atoms with van der Waals surface area (Å²) < 4.78 is 13.6. The van der Waals surface area contributed by atoms with E-state index in [1.807, 2.05) is 22.6 Å². The van der Waals surface area contributed by atoms with Crippen molar-refractivity contribution in [3.05, 3.63) is 20.1 Å². The van der Waals surface area contributed by atoms with Crippen LogP contribution in [0.15, 0.2) is 10.5 Å². The Morgan fingerprint density at radius 1 is 1.70 bits per heavy atom. The van der Waals surface area contributed by atoms with Gasteiger partial charge >= 0.3 is 0 Å². The fourth-order valence-corrected chi connectivity index (χ4v) is 1.63. The molecule has 5 heteroatoms. The maximum absolute atomic E-state index is 12.5. The van der Waals surface area contributed by atoms with Gasteiger partial charge in [-0.25, -0.2) is 4.98 Å². The molecule has 1 aromatic rings. The molecule has 2 nitrogen and oxygen atoms in total. The van der Waals surface area contributed by atoms with Crippen molar-refractivity contribution in [1.82, 2.24) is 4.98 Å². The Bertz CT molecular complexity index is 216. The van der Waals surface area contributed by atoms with E-state index in [2.05, 4.69) is 20.9 Å². The van der Waals surface area contributed by atoms with Crippen molar-refractivity contribution in [2.24, 2.45) is 0 Å². The van der Waals surface area contributed by atoms with E-state index >= 15 is 0 Å². The lowest BCUT2D eigenvalue weighted by Gasteiger charge is -1.97. The molecule has 0 bridgehead atoms. The number of nitrogens with zero attached hydrogens (tertiary/aromatic N) is 1. The first-order chi connectivity index (χ1) is 4.61. The largest absolute Gasteiger partial charge is 0.383 e. The zero-order chi connectivity index (χ0) is 7.72. The first-order valence-electron chi connectivity index (χ1n) is 2.38. The highest BCUT2D eigenvalue weighted by molar-refractivity contribution is 14.1. The fourth-order valence-electron chi connectivity index (χ4n) is 0.457. The molecular formula is C5H3BrFIN2. The number of nitrogen functional groups attached to an aromatic ring is 1. The van der Waals surface area contributed by atoms with Gasteiger partial charge in [0.1, 0.15) is 5.82 Å². The maximum Gasteiger partial charge on any atom is 0.229 e. The summed E-state index contributed by atoms with van der Waals surface area (Å²) in [5, 5.41) is 0. The summed E-state index contributed by atoms with van der Waals surface area (Å²) in [6.45, 7) is 0. The maximum atomic E-state index is 12.5. The monoisotopic (exact) mass is 316 g/mol. The van der Waals surface area contributed by atoms with Crippen molar-refractivity contribution in [1.29, 1.82) is 0 Å². The van der Waals surface area contributed by atoms with E-state index in [0.29, 0.717) is 4.47 Å². The number of nitrogens with two attached hydrogens (primary N) is 1. The molecule has 1 rings (SSSR count). The molecule has 1 aromatic heterocycles. The number of aromatic nitrogens is 1. The van der Waals surface area contributed by atoms with Crippen molar-refractivity contribution in [2.45, 2.75) is 0 Å². The van der Waals surface area contributed by atoms with Crippen molar-refractivity contribution >= 4 is 44.3 Å². The van der Waals surface area contributed by atoms with Gasteiger partial charge in [-0.15, -0.1) is 0 Å². The fraction of sp³-hybridized carbons (Fsp3) is 0. The summed E-state index contributed by atoms with van der Waals surface area (Å²) in [6.07, 6.45) is 0. The predicted molar refractivity (Wildman–Crippen MR) is 49.0 cm³/mol. The summed E-state index contributed by atoms with van der Waals surface area (Å²) in [5.74, 6) is -0.348. The molecule has 2 N–H and O–H groups in total. The summed E-state index contributed by atoms with van der Waals surface area (Å²) >= 11 is 4.96. The highest BCUT2D eigenvalue weighted by Crippen LogP contribution is 2.20. The number of rotatable bonds is 0. The van der Waals surface area contributed by atoms with Gasteiger partial charge < -0.3 is 5.73 Å². The Balaban J connectivity index is 3.28. The average molecular weight is 317 g/mol. The van der Waals surface area contributed by atoms with E-state index in [4.69, 9.17) is 5.73 Å². The first-order valence-corrected chi connectivity index (χ1v) is 4.25. The van der Waals surface area contributed by atoms with Crippen LogP contribution in [0.3, 0.4) is 0 Å². The average Bonchev–Trinajstić information content (AvgIpc) is 1.84. The Morgan fingerprint density at radius 3 is 2.80 bits per heavy atom. The van der Waals surface area contributed by atoms with Crippen LogP contribution >= 0.6 is 38.5 Å². The van der Waals surface area contributed by atoms with E-state index in [1.165, 1.54) is 0 Å². The van der Waals surface area contributed by atoms with Crippen LogP contribution in [0.5, 0.6) is 0 Å². The first kappa shape index (κ1) is 8.19.